The van der Waals surface area contributed by atoms with Crippen molar-refractivity contribution in [3.8, 4) is 0 Å². The maximum atomic E-state index is 13.6. The molecule has 0 spiro atoms. The van der Waals surface area contributed by atoms with Gasteiger partial charge in [-0.1, -0.05) is 62.4 Å². The van der Waals surface area contributed by atoms with Crippen LogP contribution in [0.15, 0.2) is 60.8 Å². The van der Waals surface area contributed by atoms with E-state index in [4.69, 9.17) is 5.73 Å². The van der Waals surface area contributed by atoms with E-state index in [-0.39, 0.29) is 24.5 Å². The Balaban J connectivity index is 1.89. The monoisotopic (exact) mass is 553 g/mol. The molecule has 0 radical (unpaired) electrons. The number of para-hydroxylation sites is 1. The zero-order valence-corrected chi connectivity index (χ0v) is 22.8. The number of aromatic nitrogens is 1. The number of aliphatic carboxylic acids is 1. The molecule has 208 valence electrons. The smallest absolute Gasteiger partial charge is 0.327 e. The number of carbonyl (C=O) groups is 4. The maximum Gasteiger partial charge on any atom is 0.327 e. The van der Waals surface area contributed by atoms with E-state index in [1.807, 2.05) is 54.6 Å². The van der Waals surface area contributed by atoms with E-state index in [1.165, 1.54) is 0 Å². The summed E-state index contributed by atoms with van der Waals surface area (Å²) < 4.78 is 0. The molecule has 0 bridgehead atoms. The summed E-state index contributed by atoms with van der Waals surface area (Å²) in [6, 6.07) is 12.4. The third kappa shape index (κ3) is 8.08. The number of thiol groups is 1. The van der Waals surface area contributed by atoms with Gasteiger partial charge in [-0.2, -0.15) is 12.6 Å². The predicted octanol–water partition coefficient (Wildman–Crippen LogP) is 1.41. The van der Waals surface area contributed by atoms with Gasteiger partial charge in [-0.25, -0.2) is 4.79 Å². The molecule has 0 aliphatic rings. The number of carboxylic acids is 1. The normalized spacial score (nSPS) is 14.3. The molecule has 0 aliphatic heterocycles. The van der Waals surface area contributed by atoms with E-state index < -0.39 is 47.9 Å². The van der Waals surface area contributed by atoms with E-state index in [1.54, 1.807) is 20.0 Å². The lowest BCUT2D eigenvalue weighted by Crippen LogP contribution is -2.58. The average molecular weight is 554 g/mol. The van der Waals surface area contributed by atoms with Gasteiger partial charge < -0.3 is 31.8 Å². The minimum atomic E-state index is -1.24. The summed E-state index contributed by atoms with van der Waals surface area (Å²) in [5.41, 5.74) is 8.43. The highest BCUT2D eigenvalue weighted by molar-refractivity contribution is 7.80. The first-order valence-electron chi connectivity index (χ1n) is 12.7. The van der Waals surface area contributed by atoms with Gasteiger partial charge in [0.25, 0.3) is 0 Å². The van der Waals surface area contributed by atoms with Crippen molar-refractivity contribution in [2.45, 2.75) is 50.9 Å². The minimum absolute atomic E-state index is 0.0814. The second-order valence-electron chi connectivity index (χ2n) is 9.73. The van der Waals surface area contributed by atoms with Gasteiger partial charge in [0, 0.05) is 35.7 Å². The number of nitrogens with one attached hydrogen (secondary N) is 4. The number of amides is 3. The van der Waals surface area contributed by atoms with Crippen LogP contribution in [0.1, 0.15) is 25.0 Å². The summed E-state index contributed by atoms with van der Waals surface area (Å²) in [5.74, 6) is -3.29. The average Bonchev–Trinajstić information content (AvgIpc) is 3.33. The van der Waals surface area contributed by atoms with Crippen LogP contribution in [0.3, 0.4) is 0 Å². The van der Waals surface area contributed by atoms with Crippen LogP contribution in [0, 0.1) is 5.92 Å². The van der Waals surface area contributed by atoms with Crippen molar-refractivity contribution in [2.24, 2.45) is 11.7 Å². The van der Waals surface area contributed by atoms with Crippen molar-refractivity contribution in [1.82, 2.24) is 20.9 Å². The minimum Gasteiger partial charge on any atom is -0.480 e. The number of aromatic amines is 1. The Labute approximate surface area is 232 Å². The topological polar surface area (TPSA) is 166 Å². The molecule has 3 rings (SSSR count). The van der Waals surface area contributed by atoms with Gasteiger partial charge in [-0.3, -0.25) is 14.4 Å². The summed E-state index contributed by atoms with van der Waals surface area (Å²) in [7, 11) is 0. The van der Waals surface area contributed by atoms with Crippen molar-refractivity contribution in [3.05, 3.63) is 71.9 Å². The second-order valence-corrected chi connectivity index (χ2v) is 10.1. The second kappa shape index (κ2) is 13.8. The fourth-order valence-electron chi connectivity index (χ4n) is 4.09. The number of carbonyl (C=O) groups excluding carboxylic acids is 3. The molecular weight excluding hydrogens is 518 g/mol. The number of rotatable bonds is 13. The molecule has 39 heavy (non-hydrogen) atoms. The summed E-state index contributed by atoms with van der Waals surface area (Å²) >= 11 is 4.02. The van der Waals surface area contributed by atoms with Crippen LogP contribution < -0.4 is 21.7 Å². The van der Waals surface area contributed by atoms with Crippen LogP contribution in [0.5, 0.6) is 0 Å². The zero-order chi connectivity index (χ0) is 28.5. The first-order valence-corrected chi connectivity index (χ1v) is 13.3. The molecule has 11 heteroatoms. The van der Waals surface area contributed by atoms with Crippen molar-refractivity contribution in [1.29, 1.82) is 0 Å². The third-order valence-electron chi connectivity index (χ3n) is 6.47. The predicted molar refractivity (Wildman–Crippen MR) is 152 cm³/mol. The Morgan fingerprint density at radius 1 is 0.846 bits per heavy atom. The van der Waals surface area contributed by atoms with Crippen LogP contribution in [0.25, 0.3) is 10.9 Å². The lowest BCUT2D eigenvalue weighted by Gasteiger charge is -2.26. The largest absolute Gasteiger partial charge is 0.480 e. The highest BCUT2D eigenvalue weighted by Gasteiger charge is 2.31. The van der Waals surface area contributed by atoms with Crippen LogP contribution in [0.4, 0.5) is 0 Å². The molecule has 0 aliphatic carbocycles. The number of H-pyrrole nitrogens is 1. The number of fused-ring (bicyclic) bond motifs is 1. The first kappa shape index (κ1) is 29.7. The number of hydrogen-bond donors (Lipinski definition) is 7. The molecule has 3 amide bonds. The Bertz CT molecular complexity index is 1300. The molecule has 1 heterocycles. The number of hydrogen-bond acceptors (Lipinski definition) is 6. The Morgan fingerprint density at radius 2 is 1.41 bits per heavy atom. The number of benzene rings is 2. The van der Waals surface area contributed by atoms with Crippen molar-refractivity contribution in [3.63, 3.8) is 0 Å². The highest BCUT2D eigenvalue weighted by Crippen LogP contribution is 2.19. The Morgan fingerprint density at radius 3 is 2.03 bits per heavy atom. The SMILES string of the molecule is CC(C)C(N)C(=O)NC(Cc1ccccc1)C(=O)NC(Cc1c[nH]c2ccccc12)C(=O)NC(CS)C(=O)O. The summed E-state index contributed by atoms with van der Waals surface area (Å²) in [5, 5.41) is 18.2. The summed E-state index contributed by atoms with van der Waals surface area (Å²) in [4.78, 5) is 54.3. The van der Waals surface area contributed by atoms with E-state index in [2.05, 4.69) is 33.6 Å². The highest BCUT2D eigenvalue weighted by atomic mass is 32.1. The fourth-order valence-corrected chi connectivity index (χ4v) is 4.34. The van der Waals surface area contributed by atoms with Gasteiger partial charge in [0.15, 0.2) is 0 Å². The number of nitrogens with two attached hydrogens (primary N) is 1. The summed E-state index contributed by atoms with van der Waals surface area (Å²) in [6.07, 6.45) is 1.99. The molecule has 1 aromatic heterocycles. The van der Waals surface area contributed by atoms with Crippen LogP contribution in [-0.2, 0) is 32.0 Å². The fraction of sp³-hybridized carbons (Fsp3) is 0.357. The van der Waals surface area contributed by atoms with Gasteiger partial charge in [0.1, 0.15) is 18.1 Å². The summed E-state index contributed by atoms with van der Waals surface area (Å²) in [6.45, 7) is 3.61. The van der Waals surface area contributed by atoms with E-state index >= 15 is 0 Å². The van der Waals surface area contributed by atoms with Crippen LogP contribution in [-0.4, -0.2) is 63.7 Å². The molecule has 0 saturated heterocycles. The van der Waals surface area contributed by atoms with Crippen LogP contribution >= 0.6 is 12.6 Å². The Hall–Kier alpha value is -3.83. The van der Waals surface area contributed by atoms with E-state index in [9.17, 15) is 24.3 Å². The van der Waals surface area contributed by atoms with Gasteiger partial charge >= 0.3 is 5.97 Å². The van der Waals surface area contributed by atoms with Gasteiger partial charge in [-0.15, -0.1) is 0 Å². The molecule has 4 unspecified atom stereocenters. The third-order valence-corrected chi connectivity index (χ3v) is 6.83. The van der Waals surface area contributed by atoms with Crippen LogP contribution in [0.2, 0.25) is 0 Å². The standard InChI is InChI=1S/C28H35N5O5S/c1-16(2)24(29)27(36)32-21(12-17-8-4-3-5-9-17)25(34)31-22(26(35)33-23(15-39)28(37)38)13-18-14-30-20-11-7-6-10-19(18)20/h3-11,14,16,21-24,30,39H,12-13,15,29H2,1-2H3,(H,31,34)(H,32,36)(H,33,35)(H,37,38). The molecule has 0 fully saturated rings. The van der Waals surface area contributed by atoms with E-state index in [0.29, 0.717) is 0 Å². The maximum absolute atomic E-state index is 13.6. The Kier molecular flexibility index (Phi) is 10.5. The van der Waals surface area contributed by atoms with Gasteiger partial charge in [0.05, 0.1) is 6.04 Å². The van der Waals surface area contributed by atoms with E-state index in [0.717, 1.165) is 22.0 Å². The van der Waals surface area contributed by atoms with Crippen molar-refractivity contribution < 1.29 is 24.3 Å². The molecule has 7 N–H and O–H groups in total. The molecule has 3 aromatic rings. The zero-order valence-electron chi connectivity index (χ0n) is 21.9. The first-order chi connectivity index (χ1) is 18.6. The molecule has 0 saturated carbocycles. The lowest BCUT2D eigenvalue weighted by molar-refractivity contribution is -0.141. The van der Waals surface area contributed by atoms with Gasteiger partial charge in [0.2, 0.25) is 17.7 Å². The van der Waals surface area contributed by atoms with Crippen molar-refractivity contribution >= 4 is 47.2 Å². The molecular formula is C28H35N5O5S. The lowest BCUT2D eigenvalue weighted by atomic mass is 10.0. The molecule has 10 nitrogen and oxygen atoms in total. The molecule has 4 atom stereocenters. The number of carboxylic acid groups (broad SMARTS) is 1. The van der Waals surface area contributed by atoms with Crippen molar-refractivity contribution in [2.75, 3.05) is 5.75 Å². The molecule has 2 aromatic carbocycles. The quantitative estimate of drug-likeness (QED) is 0.158. The van der Waals surface area contributed by atoms with Gasteiger partial charge in [-0.05, 0) is 23.1 Å².